The summed E-state index contributed by atoms with van der Waals surface area (Å²) in [5.41, 5.74) is 2.42. The van der Waals surface area contributed by atoms with Crippen molar-refractivity contribution in [3.63, 3.8) is 0 Å². The van der Waals surface area contributed by atoms with Crippen molar-refractivity contribution in [2.75, 3.05) is 12.4 Å². The highest BCUT2D eigenvalue weighted by Crippen LogP contribution is 2.30. The van der Waals surface area contributed by atoms with Gasteiger partial charge in [-0.25, -0.2) is 9.18 Å². The Morgan fingerprint density at radius 3 is 2.45 bits per heavy atom. The maximum Gasteiger partial charge on any atom is 0.335 e. The van der Waals surface area contributed by atoms with E-state index in [9.17, 15) is 9.18 Å². The zero-order valence-electron chi connectivity index (χ0n) is 15.6. The van der Waals surface area contributed by atoms with Gasteiger partial charge in [0, 0.05) is 6.54 Å². The lowest BCUT2D eigenvalue weighted by molar-refractivity contribution is 0.0697. The van der Waals surface area contributed by atoms with Crippen LogP contribution in [0.1, 0.15) is 21.5 Å². The summed E-state index contributed by atoms with van der Waals surface area (Å²) in [5, 5.41) is 12.7. The number of benzene rings is 3. The van der Waals surface area contributed by atoms with Gasteiger partial charge in [-0.1, -0.05) is 29.8 Å². The van der Waals surface area contributed by atoms with Gasteiger partial charge in [-0.05, 0) is 53.6 Å². The Balaban J connectivity index is 1.68. The molecule has 0 atom stereocenters. The van der Waals surface area contributed by atoms with Gasteiger partial charge in [0.25, 0.3) is 0 Å². The van der Waals surface area contributed by atoms with E-state index in [2.05, 4.69) is 5.32 Å². The molecule has 0 unspecified atom stereocenters. The average Bonchev–Trinajstić information content (AvgIpc) is 2.72. The molecular weight excluding hydrogens is 397 g/mol. The van der Waals surface area contributed by atoms with Gasteiger partial charge in [0.2, 0.25) is 0 Å². The first-order chi connectivity index (χ1) is 14.0. The van der Waals surface area contributed by atoms with Crippen LogP contribution in [0.15, 0.2) is 60.7 Å². The van der Waals surface area contributed by atoms with E-state index in [-0.39, 0.29) is 18.0 Å². The van der Waals surface area contributed by atoms with Crippen LogP contribution in [0.5, 0.6) is 11.5 Å². The normalized spacial score (nSPS) is 10.4. The van der Waals surface area contributed by atoms with Crippen LogP contribution in [0.3, 0.4) is 0 Å². The van der Waals surface area contributed by atoms with E-state index in [4.69, 9.17) is 26.2 Å². The zero-order chi connectivity index (χ0) is 20.8. The molecule has 0 aliphatic rings. The van der Waals surface area contributed by atoms with E-state index in [1.54, 1.807) is 31.4 Å². The average molecular weight is 416 g/mol. The fourth-order valence-corrected chi connectivity index (χ4v) is 2.86. The van der Waals surface area contributed by atoms with Crippen LogP contribution < -0.4 is 14.8 Å². The summed E-state index contributed by atoms with van der Waals surface area (Å²) in [5.74, 6) is -0.200. The van der Waals surface area contributed by atoms with Gasteiger partial charge in [0.05, 0.1) is 23.4 Å². The summed E-state index contributed by atoms with van der Waals surface area (Å²) in [4.78, 5) is 11.1. The number of aromatic carboxylic acids is 1. The summed E-state index contributed by atoms with van der Waals surface area (Å²) < 4.78 is 24.2. The number of hydrogen-bond acceptors (Lipinski definition) is 4. The number of carbonyl (C=O) groups is 1. The minimum atomic E-state index is -1.02. The van der Waals surface area contributed by atoms with E-state index < -0.39 is 5.97 Å². The summed E-state index contributed by atoms with van der Waals surface area (Å²) >= 11 is 6.14. The van der Waals surface area contributed by atoms with Crippen molar-refractivity contribution >= 4 is 23.3 Å². The highest BCUT2D eigenvalue weighted by atomic mass is 35.5. The Kier molecular flexibility index (Phi) is 6.57. The SMILES string of the molecule is COc1cc(CNc2cc(C(=O)O)ccc2Cl)ccc1OCc1ccc(F)cc1. The molecule has 0 heterocycles. The van der Waals surface area contributed by atoms with Crippen molar-refractivity contribution in [2.24, 2.45) is 0 Å². The van der Waals surface area contributed by atoms with Crippen LogP contribution in [0.25, 0.3) is 0 Å². The molecule has 0 fully saturated rings. The minimum absolute atomic E-state index is 0.152. The van der Waals surface area contributed by atoms with Crippen LogP contribution in [-0.4, -0.2) is 18.2 Å². The van der Waals surface area contributed by atoms with E-state index >= 15 is 0 Å². The molecule has 5 nitrogen and oxygen atoms in total. The highest BCUT2D eigenvalue weighted by Gasteiger charge is 2.09. The molecule has 0 aliphatic carbocycles. The molecule has 0 aromatic heterocycles. The molecule has 0 bridgehead atoms. The summed E-state index contributed by atoms with van der Waals surface area (Å²) in [6.07, 6.45) is 0. The molecule has 0 saturated carbocycles. The topological polar surface area (TPSA) is 67.8 Å². The third-order valence-electron chi connectivity index (χ3n) is 4.23. The Morgan fingerprint density at radius 1 is 1.03 bits per heavy atom. The van der Waals surface area contributed by atoms with Crippen molar-refractivity contribution in [3.05, 3.63) is 88.2 Å². The van der Waals surface area contributed by atoms with Crippen molar-refractivity contribution in [2.45, 2.75) is 13.2 Å². The largest absolute Gasteiger partial charge is 0.493 e. The quantitative estimate of drug-likeness (QED) is 0.517. The highest BCUT2D eigenvalue weighted by molar-refractivity contribution is 6.33. The third kappa shape index (κ3) is 5.39. The fraction of sp³-hybridized carbons (Fsp3) is 0.136. The van der Waals surface area contributed by atoms with E-state index in [0.717, 1.165) is 11.1 Å². The number of ether oxygens (including phenoxy) is 2. The molecule has 0 saturated heterocycles. The molecule has 0 radical (unpaired) electrons. The van der Waals surface area contributed by atoms with Crippen LogP contribution in [0.4, 0.5) is 10.1 Å². The van der Waals surface area contributed by atoms with Gasteiger partial charge in [-0.2, -0.15) is 0 Å². The predicted molar refractivity (Wildman–Crippen MR) is 109 cm³/mol. The molecule has 2 N–H and O–H groups in total. The van der Waals surface area contributed by atoms with Crippen molar-refractivity contribution in [3.8, 4) is 11.5 Å². The van der Waals surface area contributed by atoms with Gasteiger partial charge in [0.15, 0.2) is 11.5 Å². The number of anilines is 1. The smallest absolute Gasteiger partial charge is 0.335 e. The minimum Gasteiger partial charge on any atom is -0.493 e. The maximum absolute atomic E-state index is 13.0. The lowest BCUT2D eigenvalue weighted by Gasteiger charge is -2.14. The van der Waals surface area contributed by atoms with E-state index in [1.165, 1.54) is 24.3 Å². The first kappa shape index (κ1) is 20.5. The molecule has 3 aromatic rings. The van der Waals surface area contributed by atoms with Crippen LogP contribution in [-0.2, 0) is 13.2 Å². The predicted octanol–water partition coefficient (Wildman–Crippen LogP) is 5.38. The number of halogens is 2. The van der Waals surface area contributed by atoms with Crippen LogP contribution in [0, 0.1) is 5.82 Å². The lowest BCUT2D eigenvalue weighted by Crippen LogP contribution is -2.04. The van der Waals surface area contributed by atoms with Crippen molar-refractivity contribution in [1.82, 2.24) is 0 Å². The molecule has 0 amide bonds. The molecule has 0 aliphatic heterocycles. The third-order valence-corrected chi connectivity index (χ3v) is 4.56. The van der Waals surface area contributed by atoms with Gasteiger partial charge >= 0.3 is 5.97 Å². The van der Waals surface area contributed by atoms with Gasteiger partial charge in [0.1, 0.15) is 12.4 Å². The number of rotatable bonds is 8. The van der Waals surface area contributed by atoms with Crippen molar-refractivity contribution < 1.29 is 23.8 Å². The first-order valence-corrected chi connectivity index (χ1v) is 9.15. The molecule has 7 heteroatoms. The number of carboxylic acid groups (broad SMARTS) is 1. The Hall–Kier alpha value is -3.25. The van der Waals surface area contributed by atoms with Gasteiger partial charge in [-0.15, -0.1) is 0 Å². The van der Waals surface area contributed by atoms with Crippen LogP contribution in [0.2, 0.25) is 5.02 Å². The van der Waals surface area contributed by atoms with Gasteiger partial charge in [-0.3, -0.25) is 0 Å². The molecule has 29 heavy (non-hydrogen) atoms. The molecule has 3 rings (SSSR count). The molecule has 0 spiro atoms. The Bertz CT molecular complexity index is 1010. The zero-order valence-corrected chi connectivity index (χ0v) is 16.4. The van der Waals surface area contributed by atoms with E-state index in [1.807, 2.05) is 12.1 Å². The standard InChI is InChI=1S/C22H19ClFNO4/c1-28-21-10-15(12-25-19-11-16(22(26)27)5-8-18(19)23)4-9-20(21)29-13-14-2-6-17(24)7-3-14/h2-11,25H,12-13H2,1H3,(H,26,27). The van der Waals surface area contributed by atoms with Gasteiger partial charge < -0.3 is 19.9 Å². The number of nitrogens with one attached hydrogen (secondary N) is 1. The molecule has 150 valence electrons. The second-order valence-corrected chi connectivity index (χ2v) is 6.66. The summed E-state index contributed by atoms with van der Waals surface area (Å²) in [6.45, 7) is 0.698. The monoisotopic (exact) mass is 415 g/mol. The first-order valence-electron chi connectivity index (χ1n) is 8.77. The lowest BCUT2D eigenvalue weighted by atomic mass is 10.1. The summed E-state index contributed by atoms with van der Waals surface area (Å²) in [6, 6.07) is 16.0. The second kappa shape index (κ2) is 9.30. The number of hydrogen-bond donors (Lipinski definition) is 2. The van der Waals surface area contributed by atoms with Crippen LogP contribution >= 0.6 is 11.6 Å². The Morgan fingerprint density at radius 2 is 1.76 bits per heavy atom. The fourth-order valence-electron chi connectivity index (χ4n) is 2.67. The molecular formula is C22H19ClFNO4. The van der Waals surface area contributed by atoms with Crippen molar-refractivity contribution in [1.29, 1.82) is 0 Å². The molecule has 3 aromatic carbocycles. The number of methoxy groups -OCH3 is 1. The maximum atomic E-state index is 13.0. The van der Waals surface area contributed by atoms with E-state index in [0.29, 0.717) is 28.8 Å². The Labute approximate surface area is 172 Å². The summed E-state index contributed by atoms with van der Waals surface area (Å²) in [7, 11) is 1.55. The second-order valence-electron chi connectivity index (χ2n) is 6.25. The number of carboxylic acids is 1.